The molecule has 1 aliphatic carbocycles. The molecule has 0 saturated heterocycles. The van der Waals surface area contributed by atoms with Crippen LogP contribution in [-0.4, -0.2) is 34.7 Å². The molecule has 0 aliphatic heterocycles. The maximum Gasteiger partial charge on any atom is 0.328 e. The molecular formula is C14H17NO4. The first kappa shape index (κ1) is 13.5. The summed E-state index contributed by atoms with van der Waals surface area (Å²) in [6.45, 7) is -0.606. The van der Waals surface area contributed by atoms with Crippen LogP contribution >= 0.6 is 0 Å². The number of hydrogen-bond acceptors (Lipinski definition) is 3. The summed E-state index contributed by atoms with van der Waals surface area (Å²) in [5, 5.41) is 19.9. The van der Waals surface area contributed by atoms with E-state index in [2.05, 4.69) is 5.32 Å². The molecule has 0 radical (unpaired) electrons. The lowest BCUT2D eigenvalue weighted by atomic mass is 10.0. The molecule has 0 aromatic heterocycles. The van der Waals surface area contributed by atoms with Gasteiger partial charge in [0.15, 0.2) is 0 Å². The smallest absolute Gasteiger partial charge is 0.328 e. The fourth-order valence-electron chi connectivity index (χ4n) is 2.35. The molecule has 3 N–H and O–H groups in total. The molecule has 5 nitrogen and oxygen atoms in total. The average molecular weight is 263 g/mol. The molecule has 0 fully saturated rings. The number of rotatable bonds is 5. The van der Waals surface area contributed by atoms with Crippen molar-refractivity contribution in [3.8, 4) is 0 Å². The lowest BCUT2D eigenvalue weighted by Gasteiger charge is -2.12. The van der Waals surface area contributed by atoms with Crippen molar-refractivity contribution >= 4 is 11.9 Å². The average Bonchev–Trinajstić information content (AvgIpc) is 2.82. The fourth-order valence-corrected chi connectivity index (χ4v) is 2.35. The molecule has 0 bridgehead atoms. The van der Waals surface area contributed by atoms with Crippen molar-refractivity contribution < 1.29 is 19.8 Å². The summed E-state index contributed by atoms with van der Waals surface area (Å²) in [7, 11) is 0. The Balaban J connectivity index is 1.97. The Labute approximate surface area is 111 Å². The Hall–Kier alpha value is -1.88. The van der Waals surface area contributed by atoms with Crippen LogP contribution in [0.3, 0.4) is 0 Å². The minimum atomic E-state index is -1.23. The molecule has 0 saturated carbocycles. The molecule has 1 amide bonds. The number of aliphatic hydroxyl groups is 1. The zero-order chi connectivity index (χ0) is 13.8. The Morgan fingerprint density at radius 2 is 2.00 bits per heavy atom. The van der Waals surface area contributed by atoms with E-state index in [1.807, 2.05) is 18.2 Å². The van der Waals surface area contributed by atoms with Crippen LogP contribution in [0, 0.1) is 0 Å². The van der Waals surface area contributed by atoms with E-state index in [1.165, 1.54) is 11.1 Å². The third-order valence-corrected chi connectivity index (χ3v) is 3.34. The summed E-state index contributed by atoms with van der Waals surface area (Å²) in [5.41, 5.74) is 3.49. The standard InChI is InChI=1S/C14H17NO4/c16-8-12(14(18)19)15-13(17)7-9-4-5-10-2-1-3-11(10)6-9/h4-6,12,16H,1-3,7-8H2,(H,15,17)(H,18,19)/t12-/m0/s1. The van der Waals surface area contributed by atoms with E-state index in [1.54, 1.807) is 0 Å². The molecule has 2 rings (SSSR count). The van der Waals surface area contributed by atoms with Gasteiger partial charge in [0.25, 0.3) is 0 Å². The van der Waals surface area contributed by atoms with Gasteiger partial charge in [-0.3, -0.25) is 4.79 Å². The second kappa shape index (κ2) is 5.84. The monoisotopic (exact) mass is 263 g/mol. The van der Waals surface area contributed by atoms with E-state index in [0.717, 1.165) is 24.8 Å². The summed E-state index contributed by atoms with van der Waals surface area (Å²) in [4.78, 5) is 22.4. The normalized spacial score (nSPS) is 14.8. The van der Waals surface area contributed by atoms with Gasteiger partial charge in [0.1, 0.15) is 6.04 Å². The minimum absolute atomic E-state index is 0.136. The van der Waals surface area contributed by atoms with Crippen LogP contribution in [0.15, 0.2) is 18.2 Å². The third-order valence-electron chi connectivity index (χ3n) is 3.34. The number of carbonyl (C=O) groups excluding carboxylic acids is 1. The first-order chi connectivity index (χ1) is 9.10. The highest BCUT2D eigenvalue weighted by atomic mass is 16.4. The Bertz CT molecular complexity index is 498. The first-order valence-corrected chi connectivity index (χ1v) is 6.34. The molecule has 1 aromatic rings. The van der Waals surface area contributed by atoms with Crippen LogP contribution in [0.25, 0.3) is 0 Å². The van der Waals surface area contributed by atoms with Crippen LogP contribution in [0.2, 0.25) is 0 Å². The maximum atomic E-state index is 11.7. The molecule has 1 aliphatic rings. The number of nitrogens with one attached hydrogen (secondary N) is 1. The zero-order valence-corrected chi connectivity index (χ0v) is 10.6. The lowest BCUT2D eigenvalue weighted by Crippen LogP contribution is -2.43. The third kappa shape index (κ3) is 3.32. The SMILES string of the molecule is O=C(Cc1ccc2c(c1)CCC2)N[C@@H](CO)C(=O)O. The van der Waals surface area contributed by atoms with Gasteiger partial charge in [-0.2, -0.15) is 0 Å². The van der Waals surface area contributed by atoms with Crippen molar-refractivity contribution in [2.45, 2.75) is 31.7 Å². The van der Waals surface area contributed by atoms with Crippen molar-refractivity contribution in [2.24, 2.45) is 0 Å². The summed E-state index contributed by atoms with van der Waals surface area (Å²) < 4.78 is 0. The number of carbonyl (C=O) groups is 2. The topological polar surface area (TPSA) is 86.6 Å². The highest BCUT2D eigenvalue weighted by Crippen LogP contribution is 2.22. The molecule has 19 heavy (non-hydrogen) atoms. The Morgan fingerprint density at radius 3 is 2.68 bits per heavy atom. The molecular weight excluding hydrogens is 246 g/mol. The van der Waals surface area contributed by atoms with Gasteiger partial charge in [-0.15, -0.1) is 0 Å². The number of benzene rings is 1. The van der Waals surface area contributed by atoms with Crippen LogP contribution in [0.4, 0.5) is 0 Å². The van der Waals surface area contributed by atoms with Crippen molar-refractivity contribution in [3.05, 3.63) is 34.9 Å². The predicted octanol–water partition coefficient (Wildman–Crippen LogP) is 0.280. The van der Waals surface area contributed by atoms with Gasteiger partial charge < -0.3 is 15.5 Å². The number of amides is 1. The van der Waals surface area contributed by atoms with Crippen molar-refractivity contribution in [1.82, 2.24) is 5.32 Å². The van der Waals surface area contributed by atoms with Crippen LogP contribution < -0.4 is 5.32 Å². The van der Waals surface area contributed by atoms with E-state index in [4.69, 9.17) is 10.2 Å². The van der Waals surface area contributed by atoms with E-state index < -0.39 is 18.6 Å². The van der Waals surface area contributed by atoms with E-state index in [9.17, 15) is 9.59 Å². The lowest BCUT2D eigenvalue weighted by molar-refractivity contribution is -0.142. The van der Waals surface area contributed by atoms with Crippen molar-refractivity contribution in [2.75, 3.05) is 6.61 Å². The fraction of sp³-hybridized carbons (Fsp3) is 0.429. The number of aliphatic hydroxyl groups excluding tert-OH is 1. The summed E-state index contributed by atoms with van der Waals surface area (Å²) in [6, 6.07) is 4.71. The van der Waals surface area contributed by atoms with Gasteiger partial charge in [0.05, 0.1) is 13.0 Å². The highest BCUT2D eigenvalue weighted by Gasteiger charge is 2.19. The number of hydrogen-bond donors (Lipinski definition) is 3. The molecule has 0 heterocycles. The Kier molecular flexibility index (Phi) is 4.16. The van der Waals surface area contributed by atoms with Crippen LogP contribution in [0.1, 0.15) is 23.1 Å². The molecule has 0 unspecified atom stereocenters. The molecule has 1 atom stereocenters. The Morgan fingerprint density at radius 1 is 1.26 bits per heavy atom. The van der Waals surface area contributed by atoms with Crippen LogP contribution in [0.5, 0.6) is 0 Å². The molecule has 102 valence electrons. The number of carboxylic acids is 1. The quantitative estimate of drug-likeness (QED) is 0.712. The van der Waals surface area contributed by atoms with Gasteiger partial charge >= 0.3 is 5.97 Å². The largest absolute Gasteiger partial charge is 0.480 e. The predicted molar refractivity (Wildman–Crippen MR) is 68.8 cm³/mol. The number of aliphatic carboxylic acids is 1. The molecule has 0 spiro atoms. The summed E-state index contributed by atoms with van der Waals surface area (Å²) in [5.74, 6) is -1.62. The number of carboxylic acid groups (broad SMARTS) is 1. The van der Waals surface area contributed by atoms with Gasteiger partial charge in [0.2, 0.25) is 5.91 Å². The van der Waals surface area contributed by atoms with Gasteiger partial charge in [-0.05, 0) is 36.0 Å². The van der Waals surface area contributed by atoms with Gasteiger partial charge in [-0.1, -0.05) is 18.2 Å². The second-order valence-electron chi connectivity index (χ2n) is 4.77. The van der Waals surface area contributed by atoms with Crippen molar-refractivity contribution in [3.63, 3.8) is 0 Å². The first-order valence-electron chi connectivity index (χ1n) is 6.34. The second-order valence-corrected chi connectivity index (χ2v) is 4.77. The van der Waals surface area contributed by atoms with Gasteiger partial charge in [-0.25, -0.2) is 4.79 Å². The van der Waals surface area contributed by atoms with E-state index in [-0.39, 0.29) is 12.3 Å². The minimum Gasteiger partial charge on any atom is -0.480 e. The van der Waals surface area contributed by atoms with Crippen LogP contribution in [-0.2, 0) is 28.9 Å². The van der Waals surface area contributed by atoms with Gasteiger partial charge in [0, 0.05) is 0 Å². The summed E-state index contributed by atoms with van der Waals surface area (Å²) >= 11 is 0. The number of aryl methyl sites for hydroxylation is 2. The van der Waals surface area contributed by atoms with Crippen molar-refractivity contribution in [1.29, 1.82) is 0 Å². The molecule has 1 aromatic carbocycles. The molecule has 5 heteroatoms. The highest BCUT2D eigenvalue weighted by molar-refractivity contribution is 5.84. The van der Waals surface area contributed by atoms with E-state index in [0.29, 0.717) is 0 Å². The van der Waals surface area contributed by atoms with E-state index >= 15 is 0 Å². The maximum absolute atomic E-state index is 11.7. The number of fused-ring (bicyclic) bond motifs is 1. The summed E-state index contributed by atoms with van der Waals surface area (Å²) in [6.07, 6.45) is 3.42. The zero-order valence-electron chi connectivity index (χ0n) is 10.6.